The van der Waals surface area contributed by atoms with E-state index in [9.17, 15) is 9.59 Å². The molecule has 0 N–H and O–H groups in total. The Bertz CT molecular complexity index is 403. The number of hydrogen-bond donors (Lipinski definition) is 0. The fourth-order valence-corrected chi connectivity index (χ4v) is 3.01. The number of thiophene rings is 1. The van der Waals surface area contributed by atoms with Crippen LogP contribution in [0.15, 0.2) is 17.5 Å². The Labute approximate surface area is 89.8 Å². The van der Waals surface area contributed by atoms with Crippen LogP contribution in [0, 0.1) is 5.92 Å². The minimum absolute atomic E-state index is 0.156. The van der Waals surface area contributed by atoms with Crippen molar-refractivity contribution in [1.29, 1.82) is 0 Å². The molecule has 3 heterocycles. The zero-order valence-corrected chi connectivity index (χ0v) is 8.58. The molecule has 0 spiro atoms. The Kier molecular flexibility index (Phi) is 1.68. The van der Waals surface area contributed by atoms with Gasteiger partial charge in [0.15, 0.2) is 0 Å². The van der Waals surface area contributed by atoms with Gasteiger partial charge in [-0.3, -0.25) is 9.59 Å². The summed E-state index contributed by atoms with van der Waals surface area (Å²) in [5.74, 6) is -1.85. The van der Waals surface area contributed by atoms with Gasteiger partial charge in [-0.2, -0.15) is 0 Å². The fraction of sp³-hybridized carbons (Fsp3) is 0.400. The molecule has 78 valence electrons. The predicted octanol–water partition coefficient (Wildman–Crippen LogP) is 1.41. The van der Waals surface area contributed by atoms with Crippen molar-refractivity contribution in [1.82, 2.24) is 0 Å². The third-order valence-corrected chi connectivity index (χ3v) is 3.73. The summed E-state index contributed by atoms with van der Waals surface area (Å²) in [5, 5.41) is 1.87. The average molecular weight is 224 g/mol. The summed E-state index contributed by atoms with van der Waals surface area (Å²) < 4.78 is 10.4. The van der Waals surface area contributed by atoms with Gasteiger partial charge >= 0.3 is 11.9 Å². The van der Waals surface area contributed by atoms with Gasteiger partial charge in [0.1, 0.15) is 0 Å². The van der Waals surface area contributed by atoms with Crippen LogP contribution >= 0.6 is 11.3 Å². The quantitative estimate of drug-likeness (QED) is 0.677. The summed E-state index contributed by atoms with van der Waals surface area (Å²) in [5.41, 5.74) is 0. The first kappa shape index (κ1) is 8.91. The van der Waals surface area contributed by atoms with Crippen molar-refractivity contribution in [2.45, 2.75) is 18.6 Å². The first-order chi connectivity index (χ1) is 7.21. The molecule has 0 unspecified atom stereocenters. The highest BCUT2D eigenvalue weighted by Gasteiger charge is 2.59. The maximum absolute atomic E-state index is 11.3. The highest BCUT2D eigenvalue weighted by Crippen LogP contribution is 2.50. The van der Waals surface area contributed by atoms with E-state index in [4.69, 9.17) is 9.47 Å². The second-order valence-corrected chi connectivity index (χ2v) is 4.65. The van der Waals surface area contributed by atoms with Crippen LogP contribution in [0.25, 0.3) is 0 Å². The first-order valence-electron chi connectivity index (χ1n) is 4.68. The topological polar surface area (TPSA) is 52.6 Å². The van der Waals surface area contributed by atoms with E-state index in [1.54, 1.807) is 0 Å². The zero-order valence-electron chi connectivity index (χ0n) is 7.76. The van der Waals surface area contributed by atoms with Gasteiger partial charge in [0.05, 0.1) is 23.6 Å². The van der Waals surface area contributed by atoms with Crippen LogP contribution in [0.2, 0.25) is 0 Å². The van der Waals surface area contributed by atoms with Crippen molar-refractivity contribution in [3.8, 4) is 0 Å². The van der Waals surface area contributed by atoms with Crippen LogP contribution in [0.5, 0.6) is 0 Å². The minimum Gasteiger partial charge on any atom is -0.417 e. The highest BCUT2D eigenvalue weighted by molar-refractivity contribution is 7.10. The molecule has 1 aromatic heterocycles. The lowest BCUT2D eigenvalue weighted by molar-refractivity contribution is -0.209. The van der Waals surface area contributed by atoms with Crippen LogP contribution in [-0.2, 0) is 24.8 Å². The molecule has 0 aromatic carbocycles. The van der Waals surface area contributed by atoms with Gasteiger partial charge < -0.3 is 9.47 Å². The van der Waals surface area contributed by atoms with Crippen LogP contribution in [0.3, 0.4) is 0 Å². The third-order valence-electron chi connectivity index (χ3n) is 2.76. The van der Waals surface area contributed by atoms with Crippen molar-refractivity contribution in [2.24, 2.45) is 5.92 Å². The largest absolute Gasteiger partial charge is 0.417 e. The maximum Gasteiger partial charge on any atom is 0.309 e. The molecule has 0 atom stereocenters. The Balaban J connectivity index is 2.07. The Hall–Kier alpha value is -1.36. The van der Waals surface area contributed by atoms with Gasteiger partial charge in [-0.1, -0.05) is 6.07 Å². The molecule has 2 aliphatic rings. The standard InChI is InChI=1S/C10H8O4S/c11-8-4-6-5-9(12)14-10(6,13-8)7-2-1-3-15-7/h1-3,6H,4-5H2. The van der Waals surface area contributed by atoms with Crippen LogP contribution in [0.1, 0.15) is 17.7 Å². The molecule has 15 heavy (non-hydrogen) atoms. The van der Waals surface area contributed by atoms with Crippen molar-refractivity contribution in [2.75, 3.05) is 0 Å². The Morgan fingerprint density at radius 3 is 2.47 bits per heavy atom. The molecule has 5 heteroatoms. The van der Waals surface area contributed by atoms with Crippen molar-refractivity contribution < 1.29 is 19.1 Å². The van der Waals surface area contributed by atoms with E-state index >= 15 is 0 Å². The summed E-state index contributed by atoms with van der Waals surface area (Å²) in [6.07, 6.45) is 0.535. The molecule has 1 aromatic rings. The monoisotopic (exact) mass is 224 g/mol. The number of carbonyl (C=O) groups excluding carboxylic acids is 2. The van der Waals surface area contributed by atoms with E-state index in [2.05, 4.69) is 0 Å². The summed E-state index contributed by atoms with van der Waals surface area (Å²) in [7, 11) is 0. The third kappa shape index (κ3) is 1.13. The van der Waals surface area contributed by atoms with Gasteiger partial charge in [-0.25, -0.2) is 0 Å². The number of ether oxygens (including phenoxy) is 2. The predicted molar refractivity (Wildman–Crippen MR) is 50.9 cm³/mol. The molecule has 2 aliphatic heterocycles. The Morgan fingerprint density at radius 2 is 1.93 bits per heavy atom. The number of fused-ring (bicyclic) bond motifs is 1. The van der Waals surface area contributed by atoms with Crippen LogP contribution < -0.4 is 0 Å². The number of hydrogen-bond acceptors (Lipinski definition) is 5. The molecule has 3 rings (SSSR count). The highest BCUT2D eigenvalue weighted by atomic mass is 32.1. The smallest absolute Gasteiger partial charge is 0.309 e. The number of esters is 2. The molecule has 4 nitrogen and oxygen atoms in total. The molecular formula is C10H8O4S. The lowest BCUT2D eigenvalue weighted by atomic mass is 9.96. The van der Waals surface area contributed by atoms with Crippen molar-refractivity contribution in [3.63, 3.8) is 0 Å². The summed E-state index contributed by atoms with van der Waals surface area (Å²) in [4.78, 5) is 23.3. The summed E-state index contributed by atoms with van der Waals surface area (Å²) >= 11 is 1.44. The first-order valence-corrected chi connectivity index (χ1v) is 5.56. The van der Waals surface area contributed by atoms with E-state index in [-0.39, 0.29) is 30.7 Å². The van der Waals surface area contributed by atoms with Gasteiger partial charge in [0.25, 0.3) is 5.79 Å². The van der Waals surface area contributed by atoms with Crippen molar-refractivity contribution in [3.05, 3.63) is 22.4 Å². The van der Waals surface area contributed by atoms with E-state index in [0.717, 1.165) is 4.88 Å². The molecule has 0 bridgehead atoms. The molecule has 0 aliphatic carbocycles. The summed E-state index contributed by atoms with van der Waals surface area (Å²) in [6.45, 7) is 0. The number of carbonyl (C=O) groups is 2. The van der Waals surface area contributed by atoms with Gasteiger partial charge in [0, 0.05) is 0 Å². The maximum atomic E-state index is 11.3. The second-order valence-electron chi connectivity index (χ2n) is 3.70. The van der Waals surface area contributed by atoms with Crippen LogP contribution in [0.4, 0.5) is 0 Å². The molecule has 0 amide bonds. The second kappa shape index (κ2) is 2.82. The average Bonchev–Trinajstić information content (AvgIpc) is 2.77. The minimum atomic E-state index is -1.11. The normalized spacial score (nSPS) is 33.7. The fourth-order valence-electron chi connectivity index (χ4n) is 2.13. The van der Waals surface area contributed by atoms with Crippen LogP contribution in [-0.4, -0.2) is 11.9 Å². The number of rotatable bonds is 1. The molecule has 0 saturated carbocycles. The zero-order chi connectivity index (χ0) is 10.5. The van der Waals surface area contributed by atoms with E-state index in [0.29, 0.717) is 0 Å². The van der Waals surface area contributed by atoms with Gasteiger partial charge in [-0.15, -0.1) is 11.3 Å². The Morgan fingerprint density at radius 1 is 1.27 bits per heavy atom. The van der Waals surface area contributed by atoms with E-state index in [1.807, 2.05) is 17.5 Å². The molecule has 2 saturated heterocycles. The molecular weight excluding hydrogens is 216 g/mol. The SMILES string of the molecule is O=C1CC2CC(=O)OC2(c2cccs2)O1. The van der Waals surface area contributed by atoms with E-state index in [1.165, 1.54) is 11.3 Å². The lowest BCUT2D eigenvalue weighted by Crippen LogP contribution is -2.29. The van der Waals surface area contributed by atoms with Gasteiger partial charge in [0.2, 0.25) is 0 Å². The summed E-state index contributed by atoms with van der Waals surface area (Å²) in [6, 6.07) is 3.68. The molecule has 0 radical (unpaired) electrons. The molecule has 2 fully saturated rings. The lowest BCUT2D eigenvalue weighted by Gasteiger charge is -2.23. The van der Waals surface area contributed by atoms with Crippen molar-refractivity contribution >= 4 is 23.3 Å². The van der Waals surface area contributed by atoms with E-state index < -0.39 is 5.79 Å². The van der Waals surface area contributed by atoms with Gasteiger partial charge in [-0.05, 0) is 11.4 Å².